The lowest BCUT2D eigenvalue weighted by Crippen LogP contribution is -2.47. The number of rotatable bonds is 9. The van der Waals surface area contributed by atoms with Gasteiger partial charge in [-0.15, -0.1) is 0 Å². The maximum atomic E-state index is 12.9. The predicted octanol–water partition coefficient (Wildman–Crippen LogP) is 5.03. The van der Waals surface area contributed by atoms with Crippen molar-refractivity contribution in [1.82, 2.24) is 16.0 Å². The van der Waals surface area contributed by atoms with Gasteiger partial charge in [0.1, 0.15) is 18.3 Å². The summed E-state index contributed by atoms with van der Waals surface area (Å²) < 4.78 is 5.55. The highest BCUT2D eigenvalue weighted by Gasteiger charge is 2.29. The van der Waals surface area contributed by atoms with E-state index in [0.717, 1.165) is 33.4 Å². The van der Waals surface area contributed by atoms with Crippen LogP contribution in [-0.2, 0) is 20.9 Å². The van der Waals surface area contributed by atoms with Crippen molar-refractivity contribution in [3.63, 3.8) is 0 Å². The normalized spacial score (nSPS) is 13.4. The third kappa shape index (κ3) is 6.11. The van der Waals surface area contributed by atoms with Crippen LogP contribution in [0.3, 0.4) is 0 Å². The van der Waals surface area contributed by atoms with E-state index in [1.165, 1.54) is 0 Å². The van der Waals surface area contributed by atoms with Crippen LogP contribution in [0, 0.1) is 0 Å². The fourth-order valence-electron chi connectivity index (χ4n) is 4.51. The van der Waals surface area contributed by atoms with E-state index in [2.05, 4.69) is 28.1 Å². The maximum absolute atomic E-state index is 12.9. The van der Waals surface area contributed by atoms with E-state index in [1.807, 2.05) is 73.7 Å². The smallest absolute Gasteiger partial charge is 0.407 e. The van der Waals surface area contributed by atoms with E-state index < -0.39 is 18.0 Å². The van der Waals surface area contributed by atoms with Crippen LogP contribution in [0.1, 0.15) is 49.8 Å². The Kier molecular flexibility index (Phi) is 8.58. The Balaban J connectivity index is 1.33. The van der Waals surface area contributed by atoms with E-state index in [9.17, 15) is 14.4 Å². The fraction of sp³-hybridized carbons (Fsp3) is 0.258. The fourth-order valence-corrected chi connectivity index (χ4v) is 4.51. The first-order valence-corrected chi connectivity index (χ1v) is 12.8. The molecule has 3 amide bonds. The second kappa shape index (κ2) is 12.2. The van der Waals surface area contributed by atoms with Crippen LogP contribution in [0.5, 0.6) is 0 Å². The molecule has 0 unspecified atom stereocenters. The third-order valence-corrected chi connectivity index (χ3v) is 6.80. The molecule has 0 heterocycles. The van der Waals surface area contributed by atoms with Gasteiger partial charge in [0, 0.05) is 12.5 Å². The van der Waals surface area contributed by atoms with E-state index in [-0.39, 0.29) is 24.1 Å². The molecule has 0 bridgehead atoms. The SMILES string of the molecule is CC/C(C)=C(/NC(=O)[C@H](C)NC(=O)OCC1c2ccccc2-c2ccccc21)C(=O)NCc1ccccc1. The van der Waals surface area contributed by atoms with Gasteiger partial charge >= 0.3 is 6.09 Å². The molecule has 3 N–H and O–H groups in total. The van der Waals surface area contributed by atoms with Crippen LogP contribution >= 0.6 is 0 Å². The van der Waals surface area contributed by atoms with Gasteiger partial charge in [0.05, 0.1) is 0 Å². The van der Waals surface area contributed by atoms with Crippen molar-refractivity contribution in [3.8, 4) is 11.1 Å². The molecule has 0 saturated carbocycles. The zero-order valence-electron chi connectivity index (χ0n) is 21.9. The van der Waals surface area contributed by atoms with E-state index >= 15 is 0 Å². The highest BCUT2D eigenvalue weighted by atomic mass is 16.5. The molecule has 38 heavy (non-hydrogen) atoms. The molecule has 7 heteroatoms. The molecule has 4 rings (SSSR count). The Labute approximate surface area is 223 Å². The lowest BCUT2D eigenvalue weighted by atomic mass is 9.98. The molecule has 3 aromatic carbocycles. The number of allylic oxidation sites excluding steroid dienone is 1. The van der Waals surface area contributed by atoms with Gasteiger partial charge < -0.3 is 20.7 Å². The van der Waals surface area contributed by atoms with Crippen molar-refractivity contribution in [1.29, 1.82) is 0 Å². The van der Waals surface area contributed by atoms with Crippen molar-refractivity contribution in [2.45, 2.75) is 45.7 Å². The van der Waals surface area contributed by atoms with Gasteiger partial charge in [0.25, 0.3) is 5.91 Å². The zero-order valence-corrected chi connectivity index (χ0v) is 21.9. The number of benzene rings is 3. The second-order valence-electron chi connectivity index (χ2n) is 9.36. The van der Waals surface area contributed by atoms with Gasteiger partial charge in [-0.05, 0) is 53.7 Å². The van der Waals surface area contributed by atoms with Gasteiger partial charge in [0.15, 0.2) is 0 Å². The van der Waals surface area contributed by atoms with Crippen LogP contribution in [0.25, 0.3) is 11.1 Å². The van der Waals surface area contributed by atoms with Crippen LogP contribution < -0.4 is 16.0 Å². The summed E-state index contributed by atoms with van der Waals surface area (Å²) in [4.78, 5) is 38.3. The predicted molar refractivity (Wildman–Crippen MR) is 147 cm³/mol. The van der Waals surface area contributed by atoms with Crippen LogP contribution in [0.4, 0.5) is 4.79 Å². The summed E-state index contributed by atoms with van der Waals surface area (Å²) in [7, 11) is 0. The summed E-state index contributed by atoms with van der Waals surface area (Å²) in [5, 5.41) is 8.12. The third-order valence-electron chi connectivity index (χ3n) is 6.80. The number of carbonyl (C=O) groups excluding carboxylic acids is 3. The monoisotopic (exact) mass is 511 g/mol. The van der Waals surface area contributed by atoms with Crippen molar-refractivity contribution in [3.05, 3.63) is 107 Å². The van der Waals surface area contributed by atoms with Gasteiger partial charge in [-0.2, -0.15) is 0 Å². The molecule has 0 fully saturated rings. The number of hydrogen-bond acceptors (Lipinski definition) is 4. The number of alkyl carbamates (subject to hydrolysis) is 1. The molecular weight excluding hydrogens is 478 g/mol. The molecule has 0 radical (unpaired) electrons. The van der Waals surface area contributed by atoms with E-state index in [1.54, 1.807) is 13.8 Å². The van der Waals surface area contributed by atoms with Crippen LogP contribution in [0.15, 0.2) is 90.1 Å². The van der Waals surface area contributed by atoms with Crippen LogP contribution in [0.2, 0.25) is 0 Å². The molecule has 7 nitrogen and oxygen atoms in total. The van der Waals surface area contributed by atoms with Crippen molar-refractivity contribution in [2.24, 2.45) is 0 Å². The average Bonchev–Trinajstić information content (AvgIpc) is 3.27. The van der Waals surface area contributed by atoms with Gasteiger partial charge in [0.2, 0.25) is 5.91 Å². The first-order valence-electron chi connectivity index (χ1n) is 12.8. The molecular formula is C31H33N3O4. The minimum atomic E-state index is -0.910. The van der Waals surface area contributed by atoms with Crippen LogP contribution in [-0.4, -0.2) is 30.6 Å². The zero-order chi connectivity index (χ0) is 27.1. The van der Waals surface area contributed by atoms with E-state index in [0.29, 0.717) is 13.0 Å². The summed E-state index contributed by atoms with van der Waals surface area (Å²) in [6.07, 6.45) is -0.108. The number of amides is 3. The molecule has 0 aromatic heterocycles. The lowest BCUT2D eigenvalue weighted by Gasteiger charge is -2.19. The first kappa shape index (κ1) is 26.7. The minimum Gasteiger partial charge on any atom is -0.449 e. The number of ether oxygens (including phenoxy) is 1. The molecule has 1 aliphatic rings. The van der Waals surface area contributed by atoms with Gasteiger partial charge in [-0.25, -0.2) is 4.79 Å². The Hall–Kier alpha value is -4.39. The van der Waals surface area contributed by atoms with Gasteiger partial charge in [-0.1, -0.05) is 85.8 Å². The molecule has 1 atom stereocenters. The Bertz CT molecular complexity index is 1300. The van der Waals surface area contributed by atoms with E-state index in [4.69, 9.17) is 4.74 Å². The first-order chi connectivity index (χ1) is 18.4. The second-order valence-corrected chi connectivity index (χ2v) is 9.36. The maximum Gasteiger partial charge on any atom is 0.407 e. The molecule has 1 aliphatic carbocycles. The summed E-state index contributed by atoms with van der Waals surface area (Å²) in [6.45, 7) is 5.74. The summed E-state index contributed by atoms with van der Waals surface area (Å²) in [5.74, 6) is -0.960. The molecule has 0 saturated heterocycles. The van der Waals surface area contributed by atoms with Crippen molar-refractivity contribution in [2.75, 3.05) is 6.61 Å². The highest BCUT2D eigenvalue weighted by molar-refractivity contribution is 5.99. The largest absolute Gasteiger partial charge is 0.449 e. The summed E-state index contributed by atoms with van der Waals surface area (Å²) >= 11 is 0. The number of nitrogens with one attached hydrogen (secondary N) is 3. The Morgan fingerprint density at radius 3 is 2.05 bits per heavy atom. The summed E-state index contributed by atoms with van der Waals surface area (Å²) in [6, 6.07) is 24.8. The molecule has 3 aromatic rings. The van der Waals surface area contributed by atoms with Crippen molar-refractivity contribution >= 4 is 17.9 Å². The molecule has 0 spiro atoms. The molecule has 0 aliphatic heterocycles. The number of hydrogen-bond donors (Lipinski definition) is 3. The topological polar surface area (TPSA) is 96.5 Å². The number of fused-ring (bicyclic) bond motifs is 3. The average molecular weight is 512 g/mol. The Morgan fingerprint density at radius 1 is 0.868 bits per heavy atom. The van der Waals surface area contributed by atoms with Gasteiger partial charge in [-0.3, -0.25) is 9.59 Å². The van der Waals surface area contributed by atoms with Crippen molar-refractivity contribution < 1.29 is 19.1 Å². The standard InChI is InChI=1S/C31H33N3O4/c1-4-20(2)28(30(36)32-18-22-12-6-5-7-13-22)34-29(35)21(3)33-31(37)38-19-27-25-16-10-8-14-23(25)24-15-9-11-17-26(24)27/h5-17,21,27H,4,18-19H2,1-3H3,(H,32,36)(H,33,37)(H,34,35)/b28-20+/t21-/m0/s1. The number of carbonyl (C=O) groups is 3. The summed E-state index contributed by atoms with van der Waals surface area (Å²) in [5.41, 5.74) is 6.37. The minimum absolute atomic E-state index is 0.0765. The Morgan fingerprint density at radius 2 is 1.45 bits per heavy atom. The highest BCUT2D eigenvalue weighted by Crippen LogP contribution is 2.44. The molecule has 196 valence electrons. The lowest BCUT2D eigenvalue weighted by molar-refractivity contribution is -0.124. The quantitative estimate of drug-likeness (QED) is 0.351.